The van der Waals surface area contributed by atoms with Crippen LogP contribution in [0.1, 0.15) is 24.1 Å². The first-order chi connectivity index (χ1) is 17.5. The first-order valence-electron chi connectivity index (χ1n) is 12.3. The fraction of sp³-hybridized carbons (Fsp3) is 0.357. The van der Waals surface area contributed by atoms with Crippen molar-refractivity contribution < 1.29 is 14.3 Å². The minimum Gasteiger partial charge on any atom is -0.463 e. The molecule has 0 aromatic heterocycles. The second-order valence-corrected chi connectivity index (χ2v) is 9.33. The summed E-state index contributed by atoms with van der Waals surface area (Å²) in [5.74, 6) is -0.450. The van der Waals surface area contributed by atoms with Gasteiger partial charge in [0.1, 0.15) is 0 Å². The van der Waals surface area contributed by atoms with E-state index in [-0.39, 0.29) is 19.2 Å². The van der Waals surface area contributed by atoms with E-state index in [1.807, 2.05) is 24.3 Å². The zero-order valence-corrected chi connectivity index (χ0v) is 21.4. The molecule has 0 saturated carbocycles. The van der Waals surface area contributed by atoms with Crippen LogP contribution in [0.25, 0.3) is 0 Å². The molecule has 4 rings (SSSR count). The summed E-state index contributed by atoms with van der Waals surface area (Å²) in [5.41, 5.74) is 3.01. The topological polar surface area (TPSA) is 65.1 Å². The van der Waals surface area contributed by atoms with Crippen molar-refractivity contribution >= 4 is 23.6 Å². The fourth-order valence-electron chi connectivity index (χ4n) is 4.75. The number of hydrogen-bond acceptors (Lipinski definition) is 5. The maximum absolute atomic E-state index is 13.3. The highest BCUT2D eigenvalue weighted by Crippen LogP contribution is 2.35. The lowest BCUT2D eigenvalue weighted by molar-refractivity contribution is -0.139. The number of esters is 1. The van der Waals surface area contributed by atoms with Gasteiger partial charge in [0.25, 0.3) is 0 Å². The molecular weight excluding hydrogens is 476 g/mol. The van der Waals surface area contributed by atoms with Crippen LogP contribution in [0.4, 0.5) is 4.79 Å². The maximum atomic E-state index is 13.3. The van der Waals surface area contributed by atoms with Crippen molar-refractivity contribution in [3.63, 3.8) is 0 Å². The zero-order chi connectivity index (χ0) is 25.5. The van der Waals surface area contributed by atoms with Crippen LogP contribution in [-0.2, 0) is 16.1 Å². The minimum absolute atomic E-state index is 0.235. The zero-order valence-electron chi connectivity index (χ0n) is 20.7. The highest BCUT2D eigenvalue weighted by molar-refractivity contribution is 6.31. The standard InChI is InChI=1S/C28H33ClN4O3/c1-3-14-33-24(20-32-17-15-31(16-18-32)19-21-10-6-5-7-11-21)25(27(34)36-4-2)26(30-28(33)35)22-12-8-9-13-23(22)29/h3,5-13,26H,1,4,14-20H2,2H3,(H,30,35). The van der Waals surface area contributed by atoms with E-state index in [1.54, 1.807) is 24.0 Å². The van der Waals surface area contributed by atoms with E-state index in [0.717, 1.165) is 32.7 Å². The molecule has 2 aliphatic rings. The maximum Gasteiger partial charge on any atom is 0.338 e. The van der Waals surface area contributed by atoms with Crippen molar-refractivity contribution in [3.8, 4) is 0 Å². The minimum atomic E-state index is -0.694. The first kappa shape index (κ1) is 25.9. The monoisotopic (exact) mass is 508 g/mol. The van der Waals surface area contributed by atoms with Crippen molar-refractivity contribution in [1.29, 1.82) is 0 Å². The molecule has 2 aliphatic heterocycles. The van der Waals surface area contributed by atoms with E-state index in [0.29, 0.717) is 28.4 Å². The summed E-state index contributed by atoms with van der Waals surface area (Å²) < 4.78 is 5.47. The van der Waals surface area contributed by atoms with Crippen molar-refractivity contribution in [1.82, 2.24) is 20.0 Å². The van der Waals surface area contributed by atoms with Crippen LogP contribution in [0.3, 0.4) is 0 Å². The Morgan fingerprint density at radius 2 is 1.69 bits per heavy atom. The first-order valence-corrected chi connectivity index (χ1v) is 12.7. The van der Waals surface area contributed by atoms with Crippen LogP contribution in [0.5, 0.6) is 0 Å². The molecule has 7 nitrogen and oxygen atoms in total. The summed E-state index contributed by atoms with van der Waals surface area (Å²) in [7, 11) is 0. The summed E-state index contributed by atoms with van der Waals surface area (Å²) >= 11 is 6.50. The number of piperazine rings is 1. The number of carbonyl (C=O) groups excluding carboxylic acids is 2. The molecule has 0 bridgehead atoms. The van der Waals surface area contributed by atoms with Crippen molar-refractivity contribution in [3.05, 3.63) is 94.7 Å². The lowest BCUT2D eigenvalue weighted by atomic mass is 9.94. The Balaban J connectivity index is 1.62. The number of hydrogen-bond donors (Lipinski definition) is 1. The number of urea groups is 1. The summed E-state index contributed by atoms with van der Waals surface area (Å²) in [6.07, 6.45) is 1.66. The normalized spacial score (nSPS) is 19.2. The predicted octanol–water partition coefficient (Wildman–Crippen LogP) is 4.23. The number of halogens is 1. The molecule has 190 valence electrons. The fourth-order valence-corrected chi connectivity index (χ4v) is 4.99. The quantitative estimate of drug-likeness (QED) is 0.405. The van der Waals surface area contributed by atoms with Crippen LogP contribution < -0.4 is 5.32 Å². The van der Waals surface area contributed by atoms with Gasteiger partial charge >= 0.3 is 12.0 Å². The van der Waals surface area contributed by atoms with E-state index < -0.39 is 12.0 Å². The summed E-state index contributed by atoms with van der Waals surface area (Å²) in [6.45, 7) is 10.9. The van der Waals surface area contributed by atoms with E-state index in [4.69, 9.17) is 16.3 Å². The molecule has 36 heavy (non-hydrogen) atoms. The third-order valence-corrected chi connectivity index (χ3v) is 6.89. The number of nitrogens with zero attached hydrogens (tertiary/aromatic N) is 3. The summed E-state index contributed by atoms with van der Waals surface area (Å²) in [6, 6.07) is 16.7. The molecule has 2 amide bonds. The molecule has 2 heterocycles. The van der Waals surface area contributed by atoms with Crippen molar-refractivity contribution in [2.24, 2.45) is 0 Å². The van der Waals surface area contributed by atoms with Gasteiger partial charge in [-0.3, -0.25) is 14.7 Å². The molecule has 2 aromatic carbocycles. The van der Waals surface area contributed by atoms with E-state index in [1.165, 1.54) is 5.56 Å². The average molecular weight is 509 g/mol. The molecule has 0 aliphatic carbocycles. The van der Waals surface area contributed by atoms with Gasteiger partial charge in [0.15, 0.2) is 0 Å². The van der Waals surface area contributed by atoms with Gasteiger partial charge in [-0.25, -0.2) is 9.59 Å². The second kappa shape index (κ2) is 12.2. The Hall–Kier alpha value is -3.13. The molecule has 1 N–H and O–H groups in total. The number of amides is 2. The molecule has 1 atom stereocenters. The smallest absolute Gasteiger partial charge is 0.338 e. The third-order valence-electron chi connectivity index (χ3n) is 6.55. The van der Waals surface area contributed by atoms with Crippen LogP contribution in [-0.4, -0.2) is 72.6 Å². The SMILES string of the molecule is C=CCN1C(=O)NC(c2ccccc2Cl)C(C(=O)OCC)=C1CN1CCN(Cc2ccccc2)CC1. The van der Waals surface area contributed by atoms with Crippen LogP contribution >= 0.6 is 11.6 Å². The van der Waals surface area contributed by atoms with Crippen LogP contribution in [0.15, 0.2) is 78.5 Å². The lowest BCUT2D eigenvalue weighted by Crippen LogP contribution is -2.53. The summed E-state index contributed by atoms with van der Waals surface area (Å²) in [4.78, 5) is 32.8. The van der Waals surface area contributed by atoms with Crippen molar-refractivity contribution in [2.75, 3.05) is 45.9 Å². The van der Waals surface area contributed by atoms with Crippen LogP contribution in [0, 0.1) is 0 Å². The van der Waals surface area contributed by atoms with E-state index in [9.17, 15) is 9.59 Å². The molecular formula is C28H33ClN4O3. The molecule has 1 fully saturated rings. The Kier molecular flexibility index (Phi) is 8.80. The Bertz CT molecular complexity index is 1110. The molecule has 0 spiro atoms. The number of nitrogens with one attached hydrogen (secondary N) is 1. The molecule has 0 radical (unpaired) electrons. The average Bonchev–Trinajstić information content (AvgIpc) is 2.88. The van der Waals surface area contributed by atoms with Crippen molar-refractivity contribution in [2.45, 2.75) is 19.5 Å². The Morgan fingerprint density at radius 3 is 2.33 bits per heavy atom. The summed E-state index contributed by atoms with van der Waals surface area (Å²) in [5, 5.41) is 3.45. The predicted molar refractivity (Wildman–Crippen MR) is 141 cm³/mol. The highest BCUT2D eigenvalue weighted by atomic mass is 35.5. The van der Waals surface area contributed by atoms with E-state index >= 15 is 0 Å². The highest BCUT2D eigenvalue weighted by Gasteiger charge is 2.39. The van der Waals surface area contributed by atoms with Gasteiger partial charge < -0.3 is 10.1 Å². The number of carbonyl (C=O) groups is 2. The third kappa shape index (κ3) is 5.98. The van der Waals surface area contributed by atoms with Gasteiger partial charge in [0, 0.05) is 56.5 Å². The van der Waals surface area contributed by atoms with Crippen LogP contribution in [0.2, 0.25) is 5.02 Å². The van der Waals surface area contributed by atoms with Gasteiger partial charge in [-0.15, -0.1) is 6.58 Å². The lowest BCUT2D eigenvalue weighted by Gasteiger charge is -2.40. The molecule has 1 unspecified atom stereocenters. The van der Waals surface area contributed by atoms with Gasteiger partial charge in [-0.2, -0.15) is 0 Å². The Labute approximate surface area is 218 Å². The van der Waals surface area contributed by atoms with Gasteiger partial charge in [-0.05, 0) is 24.1 Å². The van der Waals surface area contributed by atoms with E-state index in [2.05, 4.69) is 46.0 Å². The van der Waals surface area contributed by atoms with Gasteiger partial charge in [0.2, 0.25) is 0 Å². The van der Waals surface area contributed by atoms with Gasteiger partial charge in [-0.1, -0.05) is 66.2 Å². The molecule has 2 aromatic rings. The Morgan fingerprint density at radius 1 is 1.06 bits per heavy atom. The molecule has 8 heteroatoms. The van der Waals surface area contributed by atoms with Gasteiger partial charge in [0.05, 0.1) is 18.2 Å². The molecule has 1 saturated heterocycles. The number of benzene rings is 2. The number of ether oxygens (including phenoxy) is 1. The second-order valence-electron chi connectivity index (χ2n) is 8.92. The number of rotatable bonds is 9. The largest absolute Gasteiger partial charge is 0.463 e.